The lowest BCUT2D eigenvalue weighted by molar-refractivity contribution is -0.145. The van der Waals surface area contributed by atoms with Gasteiger partial charge in [-0.05, 0) is 30.7 Å². The molecular weight excluding hydrogens is 412 g/mol. The summed E-state index contributed by atoms with van der Waals surface area (Å²) in [5.41, 5.74) is -0.0612. The van der Waals surface area contributed by atoms with Gasteiger partial charge in [0.05, 0.1) is 12.7 Å². The van der Waals surface area contributed by atoms with E-state index in [9.17, 15) is 23.2 Å². The smallest absolute Gasteiger partial charge is 0.336 e. The van der Waals surface area contributed by atoms with Crippen molar-refractivity contribution < 1.29 is 32.3 Å². The van der Waals surface area contributed by atoms with E-state index in [2.05, 4.69) is 5.32 Å². The van der Waals surface area contributed by atoms with Gasteiger partial charge in [-0.25, -0.2) is 13.6 Å². The summed E-state index contributed by atoms with van der Waals surface area (Å²) in [5.74, 6) is -2.46. The van der Waals surface area contributed by atoms with Crippen LogP contribution in [-0.2, 0) is 16.1 Å². The Morgan fingerprint density at radius 3 is 2.65 bits per heavy atom. The van der Waals surface area contributed by atoms with Crippen LogP contribution in [0, 0.1) is 11.6 Å². The van der Waals surface area contributed by atoms with E-state index in [4.69, 9.17) is 13.9 Å². The molecule has 0 fully saturated rings. The molecule has 9 heteroatoms. The van der Waals surface area contributed by atoms with Crippen LogP contribution in [0.3, 0.4) is 0 Å². The number of esters is 1. The molecule has 1 heterocycles. The molecule has 0 aliphatic heterocycles. The standard InChI is InChI=1S/C22H19F2NO6/c1-29-15-5-7-16-13(9-21(27)31-19(16)11-15)12-30-20(26)3-2-8-25-22(28)17-6-4-14(23)10-18(17)24/h4-7,9-11H,2-3,8,12H2,1H3,(H,25,28). The second-order valence-electron chi connectivity index (χ2n) is 6.60. The van der Waals surface area contributed by atoms with Crippen LogP contribution in [0.4, 0.5) is 8.78 Å². The van der Waals surface area contributed by atoms with E-state index < -0.39 is 29.1 Å². The number of carbonyl (C=O) groups excluding carboxylic acids is 2. The van der Waals surface area contributed by atoms with Crippen LogP contribution in [-0.4, -0.2) is 25.5 Å². The van der Waals surface area contributed by atoms with Crippen LogP contribution in [0.2, 0.25) is 0 Å². The summed E-state index contributed by atoms with van der Waals surface area (Å²) in [4.78, 5) is 35.6. The Morgan fingerprint density at radius 2 is 1.90 bits per heavy atom. The summed E-state index contributed by atoms with van der Waals surface area (Å²) in [6.45, 7) is -0.0250. The molecule has 0 aliphatic rings. The molecule has 0 atom stereocenters. The van der Waals surface area contributed by atoms with Gasteiger partial charge in [-0.15, -0.1) is 0 Å². The minimum absolute atomic E-state index is 0.000619. The zero-order valence-electron chi connectivity index (χ0n) is 16.6. The Kier molecular flexibility index (Phi) is 6.96. The number of fused-ring (bicyclic) bond motifs is 1. The highest BCUT2D eigenvalue weighted by Crippen LogP contribution is 2.23. The molecule has 0 spiro atoms. The van der Waals surface area contributed by atoms with Gasteiger partial charge in [0.15, 0.2) is 0 Å². The lowest BCUT2D eigenvalue weighted by Crippen LogP contribution is -2.26. The first-order chi connectivity index (χ1) is 14.9. The monoisotopic (exact) mass is 431 g/mol. The van der Waals surface area contributed by atoms with Gasteiger partial charge in [0.1, 0.15) is 29.6 Å². The minimum atomic E-state index is -0.964. The summed E-state index contributed by atoms with van der Waals surface area (Å²) >= 11 is 0. The molecular formula is C22H19F2NO6. The molecule has 0 bridgehead atoms. The highest BCUT2D eigenvalue weighted by molar-refractivity contribution is 5.94. The summed E-state index contributed by atoms with van der Waals surface area (Å²) in [6, 6.07) is 8.86. The van der Waals surface area contributed by atoms with Crippen molar-refractivity contribution in [3.8, 4) is 5.75 Å². The zero-order valence-corrected chi connectivity index (χ0v) is 16.6. The highest BCUT2D eigenvalue weighted by Gasteiger charge is 2.13. The number of ether oxygens (including phenoxy) is 2. The zero-order chi connectivity index (χ0) is 22.4. The van der Waals surface area contributed by atoms with E-state index in [0.29, 0.717) is 28.3 Å². The molecule has 2 aromatic carbocycles. The lowest BCUT2D eigenvalue weighted by atomic mass is 10.1. The van der Waals surface area contributed by atoms with E-state index >= 15 is 0 Å². The fourth-order valence-corrected chi connectivity index (χ4v) is 2.89. The largest absolute Gasteiger partial charge is 0.497 e. The van der Waals surface area contributed by atoms with Gasteiger partial charge < -0.3 is 19.2 Å². The fourth-order valence-electron chi connectivity index (χ4n) is 2.89. The van der Waals surface area contributed by atoms with Crippen LogP contribution < -0.4 is 15.7 Å². The Morgan fingerprint density at radius 1 is 1.10 bits per heavy atom. The molecule has 162 valence electrons. The van der Waals surface area contributed by atoms with Crippen molar-refractivity contribution in [3.63, 3.8) is 0 Å². The molecule has 0 unspecified atom stereocenters. The molecule has 3 rings (SSSR count). The Balaban J connectivity index is 1.49. The van der Waals surface area contributed by atoms with Crippen molar-refractivity contribution in [1.82, 2.24) is 5.32 Å². The Hall–Kier alpha value is -3.75. The molecule has 0 saturated carbocycles. The Labute approximate surface area is 175 Å². The van der Waals surface area contributed by atoms with E-state index in [1.807, 2.05) is 0 Å². The predicted octanol–water partition coefficient (Wildman–Crippen LogP) is 3.33. The van der Waals surface area contributed by atoms with Gasteiger partial charge in [0.25, 0.3) is 5.91 Å². The molecule has 31 heavy (non-hydrogen) atoms. The van der Waals surface area contributed by atoms with Gasteiger partial charge in [0, 0.05) is 42.1 Å². The number of halogens is 2. The van der Waals surface area contributed by atoms with E-state index in [1.54, 1.807) is 18.2 Å². The summed E-state index contributed by atoms with van der Waals surface area (Å²) in [5, 5.41) is 3.07. The van der Waals surface area contributed by atoms with Crippen LogP contribution in [0.5, 0.6) is 5.75 Å². The van der Waals surface area contributed by atoms with Crippen LogP contribution in [0.1, 0.15) is 28.8 Å². The summed E-state index contributed by atoms with van der Waals surface area (Å²) < 4.78 is 41.9. The van der Waals surface area contributed by atoms with Crippen molar-refractivity contribution >= 4 is 22.8 Å². The summed E-state index contributed by atoms with van der Waals surface area (Å²) in [6.07, 6.45) is 0.252. The maximum atomic E-state index is 13.6. The first-order valence-electron chi connectivity index (χ1n) is 9.37. The molecule has 0 aliphatic carbocycles. The van der Waals surface area contributed by atoms with E-state index in [1.165, 1.54) is 13.2 Å². The quantitative estimate of drug-likeness (QED) is 0.334. The first-order valence-corrected chi connectivity index (χ1v) is 9.37. The number of benzene rings is 2. The number of amides is 1. The maximum Gasteiger partial charge on any atom is 0.336 e. The number of hydrogen-bond donors (Lipinski definition) is 1. The maximum absolute atomic E-state index is 13.6. The van der Waals surface area contributed by atoms with Gasteiger partial charge in [-0.1, -0.05) is 0 Å². The van der Waals surface area contributed by atoms with Crippen molar-refractivity contribution in [2.75, 3.05) is 13.7 Å². The van der Waals surface area contributed by atoms with Crippen molar-refractivity contribution in [3.05, 3.63) is 75.6 Å². The molecule has 0 saturated heterocycles. The molecule has 1 amide bonds. The van der Waals surface area contributed by atoms with E-state index in [0.717, 1.165) is 12.1 Å². The van der Waals surface area contributed by atoms with Crippen LogP contribution in [0.15, 0.2) is 51.7 Å². The first kappa shape index (κ1) is 21.9. The Bertz CT molecular complexity index is 1170. The lowest BCUT2D eigenvalue weighted by Gasteiger charge is -2.09. The molecule has 0 radical (unpaired) electrons. The number of hydrogen-bond acceptors (Lipinski definition) is 6. The average Bonchev–Trinajstić information content (AvgIpc) is 2.74. The van der Waals surface area contributed by atoms with E-state index in [-0.39, 0.29) is 31.6 Å². The third-order valence-electron chi connectivity index (χ3n) is 4.45. The molecule has 3 aromatic rings. The highest BCUT2D eigenvalue weighted by atomic mass is 19.1. The minimum Gasteiger partial charge on any atom is -0.497 e. The van der Waals surface area contributed by atoms with Crippen LogP contribution >= 0.6 is 0 Å². The van der Waals surface area contributed by atoms with Gasteiger partial charge in [0.2, 0.25) is 0 Å². The second kappa shape index (κ2) is 9.84. The third-order valence-corrected chi connectivity index (χ3v) is 4.45. The van der Waals surface area contributed by atoms with Crippen molar-refractivity contribution in [1.29, 1.82) is 0 Å². The average molecular weight is 431 g/mol. The number of carbonyl (C=O) groups is 2. The number of rotatable bonds is 8. The topological polar surface area (TPSA) is 94.8 Å². The normalized spacial score (nSPS) is 10.7. The molecule has 1 N–H and O–H groups in total. The second-order valence-corrected chi connectivity index (χ2v) is 6.60. The predicted molar refractivity (Wildman–Crippen MR) is 107 cm³/mol. The SMILES string of the molecule is COc1ccc2c(COC(=O)CCCNC(=O)c3ccc(F)cc3F)cc(=O)oc2c1. The molecule has 7 nitrogen and oxygen atoms in total. The number of methoxy groups -OCH3 is 1. The molecule has 1 aromatic heterocycles. The number of nitrogens with one attached hydrogen (secondary N) is 1. The summed E-state index contributed by atoms with van der Waals surface area (Å²) in [7, 11) is 1.49. The van der Waals surface area contributed by atoms with Crippen molar-refractivity contribution in [2.45, 2.75) is 19.4 Å². The van der Waals surface area contributed by atoms with Crippen molar-refractivity contribution in [2.24, 2.45) is 0 Å². The van der Waals surface area contributed by atoms with Gasteiger partial charge in [-0.2, -0.15) is 0 Å². The van der Waals surface area contributed by atoms with Crippen LogP contribution in [0.25, 0.3) is 11.0 Å². The van der Waals surface area contributed by atoms with Gasteiger partial charge in [-0.3, -0.25) is 9.59 Å². The third kappa shape index (κ3) is 5.65. The van der Waals surface area contributed by atoms with Gasteiger partial charge >= 0.3 is 11.6 Å². The fraction of sp³-hybridized carbons (Fsp3) is 0.227.